The van der Waals surface area contributed by atoms with Crippen LogP contribution in [-0.2, 0) is 4.79 Å². The highest BCUT2D eigenvalue weighted by atomic mass is 19.1. The Morgan fingerprint density at radius 2 is 1.69 bits per heavy atom. The fourth-order valence-corrected chi connectivity index (χ4v) is 3.10. The molecule has 0 bridgehead atoms. The Kier molecular flexibility index (Phi) is 7.49. The monoisotopic (exact) mass is 437 g/mol. The smallest absolute Gasteiger partial charge is 0.248 e. The molecule has 0 saturated heterocycles. The van der Waals surface area contributed by atoms with Gasteiger partial charge < -0.3 is 15.5 Å². The third kappa shape index (κ3) is 6.10. The number of hydrogen-bond acceptors (Lipinski definition) is 5. The summed E-state index contributed by atoms with van der Waals surface area (Å²) in [5, 5.41) is 5.93. The molecular weight excluding hydrogens is 412 g/mol. The maximum atomic E-state index is 13.6. The summed E-state index contributed by atoms with van der Waals surface area (Å²) < 4.78 is 26.9. The van der Waals surface area contributed by atoms with Gasteiger partial charge in [-0.05, 0) is 69.3 Å². The molecule has 2 N–H and O–H groups in total. The number of anilines is 4. The third-order valence-corrected chi connectivity index (χ3v) is 4.71. The number of aromatic nitrogens is 2. The zero-order chi connectivity index (χ0) is 23.1. The number of carbonyl (C=O) groups excluding carboxylic acids is 1. The van der Waals surface area contributed by atoms with Crippen molar-refractivity contribution in [3.8, 4) is 0 Å². The summed E-state index contributed by atoms with van der Waals surface area (Å²) in [6, 6.07) is 12.0. The van der Waals surface area contributed by atoms with Gasteiger partial charge in [-0.15, -0.1) is 0 Å². The van der Waals surface area contributed by atoms with Gasteiger partial charge in [-0.3, -0.25) is 4.79 Å². The molecule has 2 aromatic carbocycles. The lowest BCUT2D eigenvalue weighted by molar-refractivity contribution is -0.111. The van der Waals surface area contributed by atoms with Gasteiger partial charge in [0.05, 0.1) is 0 Å². The number of amides is 1. The first-order valence-corrected chi connectivity index (χ1v) is 10.3. The summed E-state index contributed by atoms with van der Waals surface area (Å²) in [6.45, 7) is 7.69. The number of nitrogens with zero attached hydrogens (tertiary/aromatic N) is 3. The molecule has 1 heterocycles. The maximum absolute atomic E-state index is 13.6. The molecule has 0 atom stereocenters. The number of rotatable bonds is 8. The Bertz CT molecular complexity index is 1110. The van der Waals surface area contributed by atoms with Crippen LogP contribution < -0.4 is 15.5 Å². The molecule has 1 aromatic heterocycles. The predicted octanol–water partition coefficient (Wildman–Crippen LogP) is 5.30. The van der Waals surface area contributed by atoms with Gasteiger partial charge in [-0.25, -0.2) is 18.7 Å². The fourth-order valence-electron chi connectivity index (χ4n) is 3.10. The summed E-state index contributed by atoms with van der Waals surface area (Å²) in [5.74, 6) is 0.575. The highest BCUT2D eigenvalue weighted by Crippen LogP contribution is 2.21. The van der Waals surface area contributed by atoms with Crippen molar-refractivity contribution in [3.05, 3.63) is 77.6 Å². The van der Waals surface area contributed by atoms with Crippen molar-refractivity contribution in [2.75, 3.05) is 28.6 Å². The van der Waals surface area contributed by atoms with E-state index in [1.807, 2.05) is 13.0 Å². The van der Waals surface area contributed by atoms with Crippen molar-refractivity contribution < 1.29 is 13.6 Å². The standard InChI is InChI=1S/C24H25F2N5O/c1-4-31(5-2)23-15-22(27-16(3)28-23)29-19-8-10-20(11-9-19)30-24(32)13-6-17-14-18(25)7-12-21(17)26/h6-15H,4-5H2,1-3H3,(H,30,32)(H,27,28,29)/b13-6+. The van der Waals surface area contributed by atoms with Crippen LogP contribution in [0.3, 0.4) is 0 Å². The van der Waals surface area contributed by atoms with Gasteiger partial charge in [0.1, 0.15) is 29.1 Å². The molecule has 0 radical (unpaired) electrons. The second kappa shape index (κ2) is 10.5. The second-order valence-corrected chi connectivity index (χ2v) is 7.02. The molecule has 166 valence electrons. The second-order valence-electron chi connectivity index (χ2n) is 7.02. The molecule has 0 aliphatic carbocycles. The van der Waals surface area contributed by atoms with E-state index in [1.165, 1.54) is 6.08 Å². The lowest BCUT2D eigenvalue weighted by Crippen LogP contribution is -2.23. The quantitative estimate of drug-likeness (QED) is 0.468. The van der Waals surface area contributed by atoms with Crippen molar-refractivity contribution >= 4 is 35.0 Å². The Balaban J connectivity index is 1.65. The normalized spacial score (nSPS) is 10.9. The zero-order valence-electron chi connectivity index (χ0n) is 18.2. The summed E-state index contributed by atoms with van der Waals surface area (Å²) in [6.07, 6.45) is 2.39. The highest BCUT2D eigenvalue weighted by Gasteiger charge is 2.08. The molecule has 1 amide bonds. The molecule has 0 unspecified atom stereocenters. The Hall–Kier alpha value is -3.81. The van der Waals surface area contributed by atoms with Crippen molar-refractivity contribution in [3.63, 3.8) is 0 Å². The van der Waals surface area contributed by atoms with Crippen LogP contribution in [0.5, 0.6) is 0 Å². The molecule has 0 aliphatic heterocycles. The van der Waals surface area contributed by atoms with Gasteiger partial charge in [-0.2, -0.15) is 0 Å². The fraction of sp³-hybridized carbons (Fsp3) is 0.208. The molecule has 3 aromatic rings. The predicted molar refractivity (Wildman–Crippen MR) is 124 cm³/mol. The summed E-state index contributed by atoms with van der Waals surface area (Å²) in [5.41, 5.74) is 1.36. The van der Waals surface area contributed by atoms with E-state index < -0.39 is 17.5 Å². The lowest BCUT2D eigenvalue weighted by atomic mass is 10.2. The minimum atomic E-state index is -0.602. The topological polar surface area (TPSA) is 70.2 Å². The van der Waals surface area contributed by atoms with Gasteiger partial charge in [-0.1, -0.05) is 0 Å². The Morgan fingerprint density at radius 1 is 1.00 bits per heavy atom. The van der Waals surface area contributed by atoms with E-state index in [1.54, 1.807) is 24.3 Å². The van der Waals surface area contributed by atoms with E-state index in [4.69, 9.17) is 0 Å². The maximum Gasteiger partial charge on any atom is 0.248 e. The number of halogens is 2. The van der Waals surface area contributed by atoms with E-state index in [2.05, 4.69) is 39.3 Å². The third-order valence-electron chi connectivity index (χ3n) is 4.71. The number of nitrogens with one attached hydrogen (secondary N) is 2. The van der Waals surface area contributed by atoms with E-state index in [0.717, 1.165) is 48.9 Å². The van der Waals surface area contributed by atoms with Crippen LogP contribution in [0.4, 0.5) is 31.8 Å². The molecule has 6 nitrogen and oxygen atoms in total. The van der Waals surface area contributed by atoms with Gasteiger partial charge in [0.2, 0.25) is 5.91 Å². The van der Waals surface area contributed by atoms with E-state index in [9.17, 15) is 13.6 Å². The van der Waals surface area contributed by atoms with Crippen molar-refractivity contribution in [2.45, 2.75) is 20.8 Å². The van der Waals surface area contributed by atoms with Crippen LogP contribution in [0, 0.1) is 18.6 Å². The van der Waals surface area contributed by atoms with E-state index in [-0.39, 0.29) is 5.56 Å². The van der Waals surface area contributed by atoms with Crippen LogP contribution in [0.1, 0.15) is 25.2 Å². The number of benzene rings is 2. The Morgan fingerprint density at radius 3 is 2.38 bits per heavy atom. The van der Waals surface area contributed by atoms with E-state index in [0.29, 0.717) is 17.3 Å². The Labute approximate surface area is 186 Å². The van der Waals surface area contributed by atoms with Crippen LogP contribution >= 0.6 is 0 Å². The first-order chi connectivity index (χ1) is 15.4. The average molecular weight is 437 g/mol. The summed E-state index contributed by atoms with van der Waals surface area (Å²) >= 11 is 0. The van der Waals surface area contributed by atoms with Crippen molar-refractivity contribution in [1.29, 1.82) is 0 Å². The van der Waals surface area contributed by atoms with E-state index >= 15 is 0 Å². The molecule has 0 aliphatic rings. The first-order valence-electron chi connectivity index (χ1n) is 10.3. The molecule has 8 heteroatoms. The van der Waals surface area contributed by atoms with Crippen LogP contribution in [0.2, 0.25) is 0 Å². The SMILES string of the molecule is CCN(CC)c1cc(Nc2ccc(NC(=O)/C=C/c3cc(F)ccc3F)cc2)nc(C)n1. The van der Waals surface area contributed by atoms with Crippen molar-refractivity contribution in [1.82, 2.24) is 9.97 Å². The molecule has 0 spiro atoms. The summed E-state index contributed by atoms with van der Waals surface area (Å²) in [7, 11) is 0. The number of carbonyl (C=O) groups is 1. The summed E-state index contributed by atoms with van der Waals surface area (Å²) in [4.78, 5) is 23.2. The van der Waals surface area contributed by atoms with Gasteiger partial charge in [0.15, 0.2) is 0 Å². The molecule has 32 heavy (non-hydrogen) atoms. The van der Waals surface area contributed by atoms with Crippen LogP contribution in [0.25, 0.3) is 6.08 Å². The largest absolute Gasteiger partial charge is 0.357 e. The number of hydrogen-bond donors (Lipinski definition) is 2. The molecular formula is C24H25F2N5O. The minimum absolute atomic E-state index is 0.00363. The van der Waals surface area contributed by atoms with Gasteiger partial charge in [0.25, 0.3) is 0 Å². The minimum Gasteiger partial charge on any atom is -0.357 e. The van der Waals surface area contributed by atoms with Gasteiger partial charge in [0, 0.05) is 42.2 Å². The highest BCUT2D eigenvalue weighted by molar-refractivity contribution is 6.02. The van der Waals surface area contributed by atoms with Gasteiger partial charge >= 0.3 is 0 Å². The first kappa shape index (κ1) is 22.9. The molecule has 3 rings (SSSR count). The number of aryl methyl sites for hydroxylation is 1. The van der Waals surface area contributed by atoms with Crippen LogP contribution in [-0.4, -0.2) is 29.0 Å². The lowest BCUT2D eigenvalue weighted by Gasteiger charge is -2.20. The molecule has 0 saturated carbocycles. The zero-order valence-corrected chi connectivity index (χ0v) is 18.2. The van der Waals surface area contributed by atoms with Crippen LogP contribution in [0.15, 0.2) is 54.6 Å². The average Bonchev–Trinajstić information content (AvgIpc) is 2.76. The molecule has 0 fully saturated rings. The van der Waals surface area contributed by atoms with Crippen molar-refractivity contribution in [2.24, 2.45) is 0 Å².